The number of fused-ring (bicyclic) bond motifs is 1. The molecule has 0 spiro atoms. The smallest absolute Gasteiger partial charge is 0.340 e. The number of carbonyl (C=O) groups excluding carboxylic acids is 2. The molecule has 1 N–H and O–H groups in total. The largest absolute Gasteiger partial charge is 0.483 e. The molecule has 2 heterocycles. The van der Waals surface area contributed by atoms with Gasteiger partial charge in [0, 0.05) is 6.07 Å². The van der Waals surface area contributed by atoms with Gasteiger partial charge in [0.1, 0.15) is 17.4 Å². The van der Waals surface area contributed by atoms with E-state index in [-0.39, 0.29) is 24.3 Å². The summed E-state index contributed by atoms with van der Waals surface area (Å²) >= 11 is 1.27. The first-order valence-corrected chi connectivity index (χ1v) is 10.8. The van der Waals surface area contributed by atoms with E-state index in [2.05, 4.69) is 15.4 Å². The van der Waals surface area contributed by atoms with Gasteiger partial charge in [0.15, 0.2) is 6.61 Å². The zero-order valence-corrected chi connectivity index (χ0v) is 18.7. The van der Waals surface area contributed by atoms with Crippen LogP contribution in [0.4, 0.5) is 5.69 Å². The highest BCUT2D eigenvalue weighted by atomic mass is 32.1. The number of anilines is 1. The number of esters is 1. The highest BCUT2D eigenvalue weighted by molar-refractivity contribution is 7.16. The SMILES string of the molecule is Cc1nn2c(=O)cc(COC(=O)c3ccccc3NC(=O)COc3ccccc3C)nc2s1. The summed E-state index contributed by atoms with van der Waals surface area (Å²) in [7, 11) is 0. The van der Waals surface area contributed by atoms with Gasteiger partial charge in [-0.2, -0.15) is 9.61 Å². The molecule has 4 rings (SSSR count). The van der Waals surface area contributed by atoms with Gasteiger partial charge in [-0.05, 0) is 37.6 Å². The van der Waals surface area contributed by atoms with E-state index in [1.165, 1.54) is 28.0 Å². The Bertz CT molecular complexity index is 1400. The van der Waals surface area contributed by atoms with Crippen molar-refractivity contribution in [2.24, 2.45) is 0 Å². The average molecular weight is 465 g/mol. The van der Waals surface area contributed by atoms with Gasteiger partial charge in [0.05, 0.1) is 16.9 Å². The second-order valence-corrected chi connectivity index (χ2v) is 8.29. The van der Waals surface area contributed by atoms with Crippen molar-refractivity contribution in [1.82, 2.24) is 14.6 Å². The normalized spacial score (nSPS) is 10.7. The predicted molar refractivity (Wildman–Crippen MR) is 123 cm³/mol. The molecule has 168 valence electrons. The van der Waals surface area contributed by atoms with Crippen LogP contribution in [0.25, 0.3) is 4.96 Å². The summed E-state index contributed by atoms with van der Waals surface area (Å²) in [5, 5.41) is 7.45. The Hall–Kier alpha value is -4.05. The number of nitrogens with zero attached hydrogens (tertiary/aromatic N) is 3. The number of aryl methyl sites for hydroxylation is 2. The van der Waals surface area contributed by atoms with Gasteiger partial charge in [-0.25, -0.2) is 9.78 Å². The summed E-state index contributed by atoms with van der Waals surface area (Å²) in [6.45, 7) is 3.25. The molecule has 4 aromatic rings. The van der Waals surface area contributed by atoms with Crippen LogP contribution in [-0.2, 0) is 16.1 Å². The summed E-state index contributed by atoms with van der Waals surface area (Å²) in [6, 6.07) is 15.1. The first-order chi connectivity index (χ1) is 15.9. The Morgan fingerprint density at radius 3 is 2.67 bits per heavy atom. The fraction of sp³-hybridized carbons (Fsp3) is 0.174. The molecule has 0 radical (unpaired) electrons. The van der Waals surface area contributed by atoms with Crippen molar-refractivity contribution in [3.8, 4) is 5.75 Å². The summed E-state index contributed by atoms with van der Waals surface area (Å²) in [5.74, 6) is -0.468. The second-order valence-electron chi connectivity index (χ2n) is 7.13. The molecule has 9 nitrogen and oxygen atoms in total. The first-order valence-electron chi connectivity index (χ1n) is 10.0. The van der Waals surface area contributed by atoms with Crippen molar-refractivity contribution in [2.75, 3.05) is 11.9 Å². The maximum Gasteiger partial charge on any atom is 0.340 e. The summed E-state index contributed by atoms with van der Waals surface area (Å²) in [4.78, 5) is 41.9. The second kappa shape index (κ2) is 9.61. The molecular weight excluding hydrogens is 444 g/mol. The van der Waals surface area contributed by atoms with Crippen LogP contribution in [0.15, 0.2) is 59.4 Å². The Morgan fingerprint density at radius 1 is 1.09 bits per heavy atom. The van der Waals surface area contributed by atoms with E-state index < -0.39 is 11.9 Å². The maximum absolute atomic E-state index is 12.7. The number of hydrogen-bond acceptors (Lipinski definition) is 8. The van der Waals surface area contributed by atoms with E-state index in [1.807, 2.05) is 25.1 Å². The van der Waals surface area contributed by atoms with Gasteiger partial charge in [0.25, 0.3) is 11.5 Å². The molecule has 0 aliphatic carbocycles. The van der Waals surface area contributed by atoms with Crippen LogP contribution in [0.1, 0.15) is 26.6 Å². The van der Waals surface area contributed by atoms with E-state index in [4.69, 9.17) is 9.47 Å². The van der Waals surface area contributed by atoms with E-state index in [9.17, 15) is 14.4 Å². The van der Waals surface area contributed by atoms with Crippen molar-refractivity contribution in [1.29, 1.82) is 0 Å². The number of carbonyl (C=O) groups is 2. The minimum absolute atomic E-state index is 0.174. The molecule has 33 heavy (non-hydrogen) atoms. The standard InChI is InChI=1S/C23H20N4O5S/c1-14-7-3-6-10-19(14)31-13-20(28)25-18-9-5-4-8-17(18)22(30)32-12-16-11-21(29)27-23(24-16)33-15(2)26-27/h3-11H,12-13H2,1-2H3,(H,25,28). The quantitative estimate of drug-likeness (QED) is 0.418. The molecule has 0 atom stereocenters. The fourth-order valence-corrected chi connectivity index (χ4v) is 3.83. The molecule has 0 bridgehead atoms. The van der Waals surface area contributed by atoms with Crippen LogP contribution < -0.4 is 15.6 Å². The van der Waals surface area contributed by atoms with Crippen LogP contribution in [0.3, 0.4) is 0 Å². The Morgan fingerprint density at radius 2 is 1.85 bits per heavy atom. The highest BCUT2D eigenvalue weighted by Gasteiger charge is 2.16. The van der Waals surface area contributed by atoms with Crippen molar-refractivity contribution in [3.05, 3.63) is 86.8 Å². The van der Waals surface area contributed by atoms with Gasteiger partial charge in [0.2, 0.25) is 4.96 Å². The van der Waals surface area contributed by atoms with Crippen LogP contribution >= 0.6 is 11.3 Å². The summed E-state index contributed by atoms with van der Waals surface area (Å²) in [5.41, 5.74) is 1.34. The third kappa shape index (κ3) is 5.24. The minimum Gasteiger partial charge on any atom is -0.483 e. The molecular formula is C23H20N4O5S. The molecule has 2 aromatic carbocycles. The monoisotopic (exact) mass is 464 g/mol. The average Bonchev–Trinajstić information content (AvgIpc) is 3.18. The summed E-state index contributed by atoms with van der Waals surface area (Å²) in [6.07, 6.45) is 0. The number of amides is 1. The highest BCUT2D eigenvalue weighted by Crippen LogP contribution is 2.19. The lowest BCUT2D eigenvalue weighted by Gasteiger charge is -2.12. The van der Waals surface area contributed by atoms with Crippen molar-refractivity contribution in [2.45, 2.75) is 20.5 Å². The van der Waals surface area contributed by atoms with Crippen LogP contribution in [0.5, 0.6) is 5.75 Å². The van der Waals surface area contributed by atoms with Crippen LogP contribution in [0, 0.1) is 13.8 Å². The van der Waals surface area contributed by atoms with E-state index >= 15 is 0 Å². The van der Waals surface area contributed by atoms with Crippen molar-refractivity contribution < 1.29 is 19.1 Å². The van der Waals surface area contributed by atoms with Gasteiger partial charge in [-0.15, -0.1) is 0 Å². The van der Waals surface area contributed by atoms with Gasteiger partial charge in [-0.1, -0.05) is 41.7 Å². The number of para-hydroxylation sites is 2. The number of nitrogens with one attached hydrogen (secondary N) is 1. The van der Waals surface area contributed by atoms with E-state index in [0.717, 1.165) is 5.56 Å². The fourth-order valence-electron chi connectivity index (χ4n) is 3.06. The summed E-state index contributed by atoms with van der Waals surface area (Å²) < 4.78 is 12.1. The number of benzene rings is 2. The Labute approximate surface area is 192 Å². The molecule has 10 heteroatoms. The van der Waals surface area contributed by atoms with Crippen molar-refractivity contribution >= 4 is 33.9 Å². The zero-order valence-electron chi connectivity index (χ0n) is 17.9. The number of aromatic nitrogens is 3. The molecule has 1 amide bonds. The lowest BCUT2D eigenvalue weighted by molar-refractivity contribution is -0.118. The topological polar surface area (TPSA) is 112 Å². The minimum atomic E-state index is -0.659. The third-order valence-corrected chi connectivity index (χ3v) is 5.45. The third-order valence-electron chi connectivity index (χ3n) is 4.62. The molecule has 0 saturated heterocycles. The van der Waals surface area contributed by atoms with Crippen molar-refractivity contribution in [3.63, 3.8) is 0 Å². The zero-order chi connectivity index (χ0) is 23.4. The maximum atomic E-state index is 12.7. The molecule has 0 aliphatic rings. The Kier molecular flexibility index (Phi) is 6.45. The lowest BCUT2D eigenvalue weighted by atomic mass is 10.2. The van der Waals surface area contributed by atoms with E-state index in [0.29, 0.717) is 27.1 Å². The lowest BCUT2D eigenvalue weighted by Crippen LogP contribution is -2.22. The predicted octanol–water partition coefficient (Wildman–Crippen LogP) is 3.14. The number of hydrogen-bond donors (Lipinski definition) is 1. The van der Waals surface area contributed by atoms with Crippen LogP contribution in [0.2, 0.25) is 0 Å². The molecule has 2 aromatic heterocycles. The van der Waals surface area contributed by atoms with Gasteiger partial charge in [-0.3, -0.25) is 9.59 Å². The van der Waals surface area contributed by atoms with Gasteiger partial charge >= 0.3 is 5.97 Å². The molecule has 0 saturated carbocycles. The van der Waals surface area contributed by atoms with E-state index in [1.54, 1.807) is 31.2 Å². The number of rotatable bonds is 7. The Balaban J connectivity index is 1.41. The first kappa shape index (κ1) is 22.2. The molecule has 0 fully saturated rings. The van der Waals surface area contributed by atoms with Gasteiger partial charge < -0.3 is 14.8 Å². The van der Waals surface area contributed by atoms with Crippen LogP contribution in [-0.4, -0.2) is 33.1 Å². The molecule has 0 aliphatic heterocycles. The molecule has 0 unspecified atom stereocenters. The number of ether oxygens (including phenoxy) is 2.